The summed E-state index contributed by atoms with van der Waals surface area (Å²) in [6.07, 6.45) is 1.77. The van der Waals surface area contributed by atoms with E-state index in [2.05, 4.69) is 6.07 Å². The lowest BCUT2D eigenvalue weighted by Gasteiger charge is -2.33. The van der Waals surface area contributed by atoms with Crippen LogP contribution in [0.4, 0.5) is 5.69 Å². The number of carbonyl (C=O) groups is 3. The molecule has 2 saturated heterocycles. The molecule has 3 rings (SSSR count). The number of anilines is 1. The average Bonchev–Trinajstić information content (AvgIpc) is 3.02. The highest BCUT2D eigenvalue weighted by Gasteiger charge is 2.39. The molecule has 2 fully saturated rings. The topological polar surface area (TPSA) is 66.9 Å². The minimum absolute atomic E-state index is 0.0164. The predicted octanol–water partition coefficient (Wildman–Crippen LogP) is 2.46. The summed E-state index contributed by atoms with van der Waals surface area (Å²) in [6.45, 7) is 7.59. The standard InChI is InChI=1S/C21H28N2O4/c1-4-27-21(26)16-6-5-7-22(12-16)20(25)17-11-19(24)23(13-17)18-9-14(2)8-15(3)10-18/h8-10,16-17H,4-7,11-13H2,1-3H3/t16-,17+/m1/s1. The summed E-state index contributed by atoms with van der Waals surface area (Å²) < 4.78 is 5.11. The van der Waals surface area contributed by atoms with Crippen LogP contribution in [0.2, 0.25) is 0 Å². The first-order valence-corrected chi connectivity index (χ1v) is 9.73. The highest BCUT2D eigenvalue weighted by atomic mass is 16.5. The van der Waals surface area contributed by atoms with Crippen molar-refractivity contribution in [3.05, 3.63) is 29.3 Å². The second-order valence-corrected chi connectivity index (χ2v) is 7.63. The third-order valence-electron chi connectivity index (χ3n) is 5.35. The van der Waals surface area contributed by atoms with Gasteiger partial charge in [0.1, 0.15) is 0 Å². The monoisotopic (exact) mass is 372 g/mol. The fraction of sp³-hybridized carbons (Fsp3) is 0.571. The van der Waals surface area contributed by atoms with Crippen molar-refractivity contribution in [3.8, 4) is 0 Å². The van der Waals surface area contributed by atoms with Gasteiger partial charge in [0, 0.05) is 31.7 Å². The molecule has 0 aliphatic carbocycles. The molecule has 2 atom stereocenters. The molecule has 146 valence electrons. The van der Waals surface area contributed by atoms with E-state index in [1.54, 1.807) is 16.7 Å². The number of likely N-dealkylation sites (tertiary alicyclic amines) is 1. The minimum Gasteiger partial charge on any atom is -0.466 e. The largest absolute Gasteiger partial charge is 0.466 e. The van der Waals surface area contributed by atoms with Gasteiger partial charge in [-0.2, -0.15) is 0 Å². The first-order valence-electron chi connectivity index (χ1n) is 9.73. The van der Waals surface area contributed by atoms with Gasteiger partial charge in [-0.1, -0.05) is 6.07 Å². The van der Waals surface area contributed by atoms with E-state index >= 15 is 0 Å². The van der Waals surface area contributed by atoms with Crippen molar-refractivity contribution in [2.75, 3.05) is 31.1 Å². The normalized spacial score (nSPS) is 22.9. The maximum absolute atomic E-state index is 13.0. The molecular formula is C21H28N2O4. The van der Waals surface area contributed by atoms with E-state index in [9.17, 15) is 14.4 Å². The van der Waals surface area contributed by atoms with Gasteiger partial charge < -0.3 is 14.5 Å². The molecule has 2 aliphatic heterocycles. The Morgan fingerprint density at radius 1 is 1.11 bits per heavy atom. The van der Waals surface area contributed by atoms with E-state index in [-0.39, 0.29) is 36.0 Å². The molecular weight excluding hydrogens is 344 g/mol. The van der Waals surface area contributed by atoms with E-state index in [4.69, 9.17) is 4.74 Å². The summed E-state index contributed by atoms with van der Waals surface area (Å²) in [4.78, 5) is 41.0. The van der Waals surface area contributed by atoms with Crippen LogP contribution in [0.1, 0.15) is 37.3 Å². The van der Waals surface area contributed by atoms with Crippen LogP contribution in [0.15, 0.2) is 18.2 Å². The molecule has 0 saturated carbocycles. The number of piperidine rings is 1. The molecule has 6 heteroatoms. The van der Waals surface area contributed by atoms with Crippen LogP contribution >= 0.6 is 0 Å². The molecule has 2 amide bonds. The van der Waals surface area contributed by atoms with Crippen LogP contribution in [-0.2, 0) is 19.1 Å². The molecule has 0 bridgehead atoms. The number of esters is 1. The van der Waals surface area contributed by atoms with E-state index in [1.807, 2.05) is 26.0 Å². The number of hydrogen-bond donors (Lipinski definition) is 0. The molecule has 2 heterocycles. The zero-order valence-corrected chi connectivity index (χ0v) is 16.4. The molecule has 6 nitrogen and oxygen atoms in total. The van der Waals surface area contributed by atoms with Crippen molar-refractivity contribution < 1.29 is 19.1 Å². The zero-order chi connectivity index (χ0) is 19.6. The van der Waals surface area contributed by atoms with Gasteiger partial charge in [0.2, 0.25) is 11.8 Å². The van der Waals surface area contributed by atoms with Crippen molar-refractivity contribution in [1.29, 1.82) is 0 Å². The third-order valence-corrected chi connectivity index (χ3v) is 5.35. The molecule has 0 radical (unpaired) electrons. The van der Waals surface area contributed by atoms with Crippen LogP contribution in [0.5, 0.6) is 0 Å². The lowest BCUT2D eigenvalue weighted by atomic mass is 9.96. The molecule has 0 N–H and O–H groups in total. The smallest absolute Gasteiger partial charge is 0.310 e. The molecule has 1 aromatic carbocycles. The van der Waals surface area contributed by atoms with Gasteiger partial charge in [0.25, 0.3) is 0 Å². The Labute approximate surface area is 160 Å². The average molecular weight is 372 g/mol. The molecule has 0 aromatic heterocycles. The van der Waals surface area contributed by atoms with Crippen molar-refractivity contribution in [2.45, 2.75) is 40.0 Å². The van der Waals surface area contributed by atoms with Crippen LogP contribution < -0.4 is 4.90 Å². The van der Waals surface area contributed by atoms with Crippen LogP contribution in [0.3, 0.4) is 0 Å². The van der Waals surface area contributed by atoms with Crippen molar-refractivity contribution in [2.24, 2.45) is 11.8 Å². The lowest BCUT2D eigenvalue weighted by Crippen LogP contribution is -2.45. The van der Waals surface area contributed by atoms with Gasteiger partial charge in [-0.15, -0.1) is 0 Å². The number of ether oxygens (including phenoxy) is 1. The number of carbonyl (C=O) groups excluding carboxylic acids is 3. The highest BCUT2D eigenvalue weighted by Crippen LogP contribution is 2.29. The Bertz CT molecular complexity index is 725. The van der Waals surface area contributed by atoms with Gasteiger partial charge in [-0.05, 0) is 56.9 Å². The second kappa shape index (κ2) is 8.11. The highest BCUT2D eigenvalue weighted by molar-refractivity contribution is 6.00. The van der Waals surface area contributed by atoms with E-state index in [1.165, 1.54) is 0 Å². The van der Waals surface area contributed by atoms with Crippen LogP contribution in [0.25, 0.3) is 0 Å². The summed E-state index contributed by atoms with van der Waals surface area (Å²) in [7, 11) is 0. The third kappa shape index (κ3) is 4.31. The fourth-order valence-electron chi connectivity index (χ4n) is 4.12. The first-order chi connectivity index (χ1) is 12.9. The summed E-state index contributed by atoms with van der Waals surface area (Å²) >= 11 is 0. The number of aryl methyl sites for hydroxylation is 2. The van der Waals surface area contributed by atoms with E-state index in [0.29, 0.717) is 26.2 Å². The first kappa shape index (κ1) is 19.4. The SMILES string of the molecule is CCOC(=O)[C@@H]1CCCN(C(=O)[C@H]2CC(=O)N(c3cc(C)cc(C)c3)C2)C1. The van der Waals surface area contributed by atoms with Gasteiger partial charge in [0.05, 0.1) is 18.4 Å². The Morgan fingerprint density at radius 3 is 2.48 bits per heavy atom. The number of benzene rings is 1. The Hall–Kier alpha value is -2.37. The van der Waals surface area contributed by atoms with Crippen molar-refractivity contribution in [1.82, 2.24) is 4.90 Å². The molecule has 1 aromatic rings. The van der Waals surface area contributed by atoms with Crippen LogP contribution in [-0.4, -0.2) is 48.9 Å². The van der Waals surface area contributed by atoms with Gasteiger partial charge in [-0.25, -0.2) is 0 Å². The van der Waals surface area contributed by atoms with Crippen molar-refractivity contribution in [3.63, 3.8) is 0 Å². The van der Waals surface area contributed by atoms with Gasteiger partial charge in [0.15, 0.2) is 0 Å². The van der Waals surface area contributed by atoms with Crippen molar-refractivity contribution >= 4 is 23.5 Å². The summed E-state index contributed by atoms with van der Waals surface area (Å²) in [5.74, 6) is -0.870. The number of hydrogen-bond acceptors (Lipinski definition) is 4. The Balaban J connectivity index is 1.67. The quantitative estimate of drug-likeness (QED) is 0.762. The number of nitrogens with zero attached hydrogens (tertiary/aromatic N) is 2. The van der Waals surface area contributed by atoms with Crippen LogP contribution in [0, 0.1) is 25.7 Å². The zero-order valence-electron chi connectivity index (χ0n) is 16.4. The Kier molecular flexibility index (Phi) is 5.82. The maximum Gasteiger partial charge on any atom is 0.310 e. The summed E-state index contributed by atoms with van der Waals surface area (Å²) in [5.41, 5.74) is 3.05. The van der Waals surface area contributed by atoms with Gasteiger partial charge >= 0.3 is 5.97 Å². The van der Waals surface area contributed by atoms with E-state index in [0.717, 1.165) is 29.7 Å². The number of rotatable bonds is 4. The Morgan fingerprint density at radius 2 is 1.81 bits per heavy atom. The lowest BCUT2D eigenvalue weighted by molar-refractivity contribution is -0.152. The minimum atomic E-state index is -0.348. The summed E-state index contributed by atoms with van der Waals surface area (Å²) in [6, 6.07) is 6.03. The second-order valence-electron chi connectivity index (χ2n) is 7.63. The predicted molar refractivity (Wildman–Crippen MR) is 102 cm³/mol. The molecule has 0 spiro atoms. The summed E-state index contributed by atoms with van der Waals surface area (Å²) in [5, 5.41) is 0. The number of amides is 2. The van der Waals surface area contributed by atoms with Gasteiger partial charge in [-0.3, -0.25) is 14.4 Å². The molecule has 2 aliphatic rings. The maximum atomic E-state index is 13.0. The van der Waals surface area contributed by atoms with E-state index < -0.39 is 0 Å². The molecule has 0 unspecified atom stereocenters. The fourth-order valence-corrected chi connectivity index (χ4v) is 4.12. The molecule has 27 heavy (non-hydrogen) atoms.